The SMILES string of the molecule is CC1(C)c2ccccc2-c2ccc(-n3c4ccccc4c4cc(-c5ccc6c(c5)Oc5ccccc5O6)ccc43)cc21. The first-order valence-electron chi connectivity index (χ1n) is 14.4. The molecule has 2 aliphatic rings. The Balaban J connectivity index is 1.19. The predicted octanol–water partition coefficient (Wildman–Crippen LogP) is 10.7. The summed E-state index contributed by atoms with van der Waals surface area (Å²) < 4.78 is 14.7. The molecule has 3 heteroatoms. The fraction of sp³-hybridized carbons (Fsp3) is 0.0769. The summed E-state index contributed by atoms with van der Waals surface area (Å²) in [4.78, 5) is 0. The monoisotopic (exact) mass is 541 g/mol. The van der Waals surface area contributed by atoms with Gasteiger partial charge in [-0.3, -0.25) is 0 Å². The zero-order valence-electron chi connectivity index (χ0n) is 23.4. The highest BCUT2D eigenvalue weighted by molar-refractivity contribution is 6.10. The third-order valence-corrected chi connectivity index (χ3v) is 9.06. The van der Waals surface area contributed by atoms with E-state index in [1.807, 2.05) is 30.3 Å². The van der Waals surface area contributed by atoms with Crippen molar-refractivity contribution in [2.24, 2.45) is 0 Å². The van der Waals surface area contributed by atoms with Crippen LogP contribution in [-0.4, -0.2) is 4.57 Å². The molecule has 1 aliphatic carbocycles. The molecule has 2 heterocycles. The Morgan fingerprint density at radius 3 is 2.00 bits per heavy atom. The van der Waals surface area contributed by atoms with Crippen molar-refractivity contribution in [3.63, 3.8) is 0 Å². The van der Waals surface area contributed by atoms with Crippen LogP contribution >= 0.6 is 0 Å². The van der Waals surface area contributed by atoms with Gasteiger partial charge in [-0.05, 0) is 88.0 Å². The third kappa shape index (κ3) is 3.22. The van der Waals surface area contributed by atoms with Gasteiger partial charge < -0.3 is 14.0 Å². The Morgan fingerprint density at radius 1 is 0.476 bits per heavy atom. The lowest BCUT2D eigenvalue weighted by atomic mass is 9.82. The molecular weight excluding hydrogens is 514 g/mol. The van der Waals surface area contributed by atoms with Crippen molar-refractivity contribution in [3.05, 3.63) is 139 Å². The van der Waals surface area contributed by atoms with Gasteiger partial charge in [0.25, 0.3) is 0 Å². The van der Waals surface area contributed by atoms with Crippen LogP contribution in [-0.2, 0) is 5.41 Å². The number of para-hydroxylation sites is 3. The van der Waals surface area contributed by atoms with Crippen LogP contribution in [0.25, 0.3) is 49.7 Å². The van der Waals surface area contributed by atoms with E-state index in [1.165, 1.54) is 49.7 Å². The van der Waals surface area contributed by atoms with Crippen LogP contribution in [0, 0.1) is 0 Å². The maximum Gasteiger partial charge on any atom is 0.170 e. The number of aromatic nitrogens is 1. The predicted molar refractivity (Wildman–Crippen MR) is 170 cm³/mol. The first-order chi connectivity index (χ1) is 20.6. The van der Waals surface area contributed by atoms with Gasteiger partial charge in [-0.1, -0.05) is 86.6 Å². The van der Waals surface area contributed by atoms with E-state index in [0.29, 0.717) is 0 Å². The number of ether oxygens (including phenoxy) is 2. The average Bonchev–Trinajstić information content (AvgIpc) is 3.48. The maximum atomic E-state index is 6.21. The molecule has 0 unspecified atom stereocenters. The van der Waals surface area contributed by atoms with Crippen LogP contribution in [0.1, 0.15) is 25.0 Å². The highest BCUT2D eigenvalue weighted by atomic mass is 16.6. The van der Waals surface area contributed by atoms with Gasteiger partial charge in [0.1, 0.15) is 0 Å². The number of benzene rings is 6. The second-order valence-corrected chi connectivity index (χ2v) is 11.8. The topological polar surface area (TPSA) is 23.4 Å². The quantitative estimate of drug-likeness (QED) is 0.217. The van der Waals surface area contributed by atoms with E-state index in [-0.39, 0.29) is 5.41 Å². The van der Waals surface area contributed by atoms with E-state index < -0.39 is 0 Å². The largest absolute Gasteiger partial charge is 0.450 e. The lowest BCUT2D eigenvalue weighted by Crippen LogP contribution is -2.15. The van der Waals surface area contributed by atoms with Crippen molar-refractivity contribution in [1.29, 1.82) is 0 Å². The van der Waals surface area contributed by atoms with Crippen LogP contribution in [0.5, 0.6) is 23.0 Å². The van der Waals surface area contributed by atoms with Crippen LogP contribution in [0.3, 0.4) is 0 Å². The molecule has 6 aromatic carbocycles. The molecule has 0 saturated carbocycles. The van der Waals surface area contributed by atoms with Gasteiger partial charge in [0.05, 0.1) is 11.0 Å². The van der Waals surface area contributed by atoms with Gasteiger partial charge in [0.15, 0.2) is 23.0 Å². The fourth-order valence-corrected chi connectivity index (χ4v) is 6.97. The summed E-state index contributed by atoms with van der Waals surface area (Å²) in [7, 11) is 0. The number of hydrogen-bond donors (Lipinski definition) is 0. The summed E-state index contributed by atoms with van der Waals surface area (Å²) in [6.45, 7) is 4.68. The Morgan fingerprint density at radius 2 is 1.12 bits per heavy atom. The summed E-state index contributed by atoms with van der Waals surface area (Å²) in [6, 6.07) is 45.2. The van der Waals surface area contributed by atoms with Gasteiger partial charge in [-0.15, -0.1) is 0 Å². The molecule has 1 aliphatic heterocycles. The van der Waals surface area contributed by atoms with E-state index in [9.17, 15) is 0 Å². The van der Waals surface area contributed by atoms with Crippen molar-refractivity contribution in [1.82, 2.24) is 4.57 Å². The van der Waals surface area contributed by atoms with Crippen molar-refractivity contribution in [2.75, 3.05) is 0 Å². The molecule has 9 rings (SSSR count). The number of fused-ring (bicyclic) bond motifs is 8. The summed E-state index contributed by atoms with van der Waals surface area (Å²) >= 11 is 0. The summed E-state index contributed by atoms with van der Waals surface area (Å²) in [6.07, 6.45) is 0. The molecule has 0 bridgehead atoms. The lowest BCUT2D eigenvalue weighted by Gasteiger charge is -2.22. The van der Waals surface area contributed by atoms with E-state index in [2.05, 4.69) is 115 Å². The smallest absolute Gasteiger partial charge is 0.170 e. The van der Waals surface area contributed by atoms with Gasteiger partial charge >= 0.3 is 0 Å². The van der Waals surface area contributed by atoms with Gasteiger partial charge in [0, 0.05) is 21.9 Å². The van der Waals surface area contributed by atoms with E-state index in [1.54, 1.807) is 0 Å². The first kappa shape index (κ1) is 23.4. The highest BCUT2D eigenvalue weighted by Crippen LogP contribution is 2.50. The third-order valence-electron chi connectivity index (χ3n) is 9.06. The van der Waals surface area contributed by atoms with Crippen LogP contribution in [0.4, 0.5) is 0 Å². The van der Waals surface area contributed by atoms with E-state index in [4.69, 9.17) is 9.47 Å². The zero-order chi connectivity index (χ0) is 28.0. The molecule has 0 N–H and O–H groups in total. The Labute approximate surface area is 244 Å². The molecule has 7 aromatic rings. The fourth-order valence-electron chi connectivity index (χ4n) is 6.97. The molecule has 0 fully saturated rings. The Bertz CT molecular complexity index is 2240. The standard InChI is InChI=1S/C39H27NO2/c1-39(2)31-11-5-3-9-27(31)28-18-17-26(23-32(28)39)40-33-12-6-4-10-29(33)30-21-24(15-19-34(30)40)25-16-20-37-38(22-25)42-36-14-8-7-13-35(36)41-37/h3-23H,1-2H3. The minimum absolute atomic E-state index is 0.0490. The molecule has 0 amide bonds. The first-order valence-corrected chi connectivity index (χ1v) is 14.4. The molecule has 42 heavy (non-hydrogen) atoms. The Hall–Kier alpha value is -5.28. The van der Waals surface area contributed by atoms with Crippen LogP contribution < -0.4 is 9.47 Å². The highest BCUT2D eigenvalue weighted by Gasteiger charge is 2.35. The summed E-state index contributed by atoms with van der Waals surface area (Å²) in [5.41, 5.74) is 11.2. The zero-order valence-corrected chi connectivity index (χ0v) is 23.4. The number of nitrogens with zero attached hydrogens (tertiary/aromatic N) is 1. The molecule has 200 valence electrons. The summed E-state index contributed by atoms with van der Waals surface area (Å²) in [5, 5.41) is 2.47. The minimum Gasteiger partial charge on any atom is -0.450 e. The van der Waals surface area contributed by atoms with Crippen LogP contribution in [0.15, 0.2) is 127 Å². The molecule has 1 aromatic heterocycles. The van der Waals surface area contributed by atoms with Crippen molar-refractivity contribution >= 4 is 21.8 Å². The van der Waals surface area contributed by atoms with Crippen molar-refractivity contribution in [3.8, 4) is 50.9 Å². The Kier molecular flexibility index (Phi) is 4.67. The van der Waals surface area contributed by atoms with Crippen molar-refractivity contribution in [2.45, 2.75) is 19.3 Å². The van der Waals surface area contributed by atoms with Crippen LogP contribution in [0.2, 0.25) is 0 Å². The van der Waals surface area contributed by atoms with Gasteiger partial charge in [0.2, 0.25) is 0 Å². The van der Waals surface area contributed by atoms with Crippen molar-refractivity contribution < 1.29 is 9.47 Å². The second-order valence-electron chi connectivity index (χ2n) is 11.8. The normalized spacial score (nSPS) is 14.0. The minimum atomic E-state index is -0.0490. The lowest BCUT2D eigenvalue weighted by molar-refractivity contribution is 0.360. The average molecular weight is 542 g/mol. The number of hydrogen-bond acceptors (Lipinski definition) is 2. The molecular formula is C39H27NO2. The van der Waals surface area contributed by atoms with E-state index >= 15 is 0 Å². The van der Waals surface area contributed by atoms with Gasteiger partial charge in [-0.2, -0.15) is 0 Å². The second kappa shape index (κ2) is 8.37. The molecule has 0 spiro atoms. The van der Waals surface area contributed by atoms with E-state index in [0.717, 1.165) is 34.1 Å². The summed E-state index contributed by atoms with van der Waals surface area (Å²) in [5.74, 6) is 2.94. The number of rotatable bonds is 2. The van der Waals surface area contributed by atoms with Gasteiger partial charge in [-0.25, -0.2) is 0 Å². The molecule has 0 atom stereocenters. The molecule has 0 radical (unpaired) electrons. The molecule has 3 nitrogen and oxygen atoms in total. The maximum absolute atomic E-state index is 6.21. The molecule has 0 saturated heterocycles.